The number of nitro groups is 1. The zero-order chi connectivity index (χ0) is 15.1. The van der Waals surface area contributed by atoms with Crippen molar-refractivity contribution in [2.45, 2.75) is 19.3 Å². The summed E-state index contributed by atoms with van der Waals surface area (Å²) in [6.07, 6.45) is 3.43. The van der Waals surface area contributed by atoms with Crippen molar-refractivity contribution < 1.29 is 9.72 Å². The normalized spacial score (nSPS) is 14.9. The monoisotopic (exact) mass is 292 g/mol. The van der Waals surface area contributed by atoms with E-state index in [0.29, 0.717) is 12.2 Å². The summed E-state index contributed by atoms with van der Waals surface area (Å²) in [5, 5.41) is 16.0. The number of rotatable bonds is 6. The van der Waals surface area contributed by atoms with Gasteiger partial charge in [-0.25, -0.2) is 4.79 Å². The Morgan fingerprint density at radius 2 is 2.10 bits per heavy atom. The molecule has 0 unspecified atom stereocenters. The molecule has 1 fully saturated rings. The third-order valence-corrected chi connectivity index (χ3v) is 3.45. The lowest BCUT2D eigenvalue weighted by atomic mass is 10.3. The highest BCUT2D eigenvalue weighted by Crippen LogP contribution is 2.16. The van der Waals surface area contributed by atoms with Crippen LogP contribution < -0.4 is 10.6 Å². The predicted octanol–water partition coefficient (Wildman–Crippen LogP) is 2.20. The summed E-state index contributed by atoms with van der Waals surface area (Å²) in [6.45, 7) is 3.90. The standard InChI is InChI=1S/C14H20N4O3/c19-14(15-7-4-10-17-8-1-2-9-17)16-12-5-3-6-13(11-12)18(20)21/h3,5-6,11H,1-2,4,7-10H2,(H2,15,16,19). The van der Waals surface area contributed by atoms with Gasteiger partial charge in [-0.2, -0.15) is 0 Å². The van der Waals surface area contributed by atoms with Gasteiger partial charge in [0, 0.05) is 24.4 Å². The van der Waals surface area contributed by atoms with Gasteiger partial charge in [-0.15, -0.1) is 0 Å². The summed E-state index contributed by atoms with van der Waals surface area (Å²) in [4.78, 5) is 24.2. The summed E-state index contributed by atoms with van der Waals surface area (Å²) in [5.74, 6) is 0. The average molecular weight is 292 g/mol. The van der Waals surface area contributed by atoms with E-state index in [4.69, 9.17) is 0 Å². The van der Waals surface area contributed by atoms with Crippen LogP contribution in [-0.2, 0) is 0 Å². The molecule has 2 amide bonds. The Kier molecular flexibility index (Phi) is 5.51. The van der Waals surface area contributed by atoms with E-state index in [-0.39, 0.29) is 11.7 Å². The molecule has 0 atom stereocenters. The number of amides is 2. The van der Waals surface area contributed by atoms with Gasteiger partial charge in [0.1, 0.15) is 0 Å². The minimum atomic E-state index is -0.487. The van der Waals surface area contributed by atoms with Crippen molar-refractivity contribution in [2.24, 2.45) is 0 Å². The van der Waals surface area contributed by atoms with E-state index in [1.165, 1.54) is 25.0 Å². The maximum Gasteiger partial charge on any atom is 0.319 e. The molecule has 1 aromatic rings. The molecule has 0 saturated carbocycles. The fourth-order valence-electron chi connectivity index (χ4n) is 2.38. The maximum atomic E-state index is 11.7. The lowest BCUT2D eigenvalue weighted by Gasteiger charge is -2.14. The minimum Gasteiger partial charge on any atom is -0.338 e. The van der Waals surface area contributed by atoms with Gasteiger partial charge < -0.3 is 15.5 Å². The molecule has 114 valence electrons. The lowest BCUT2D eigenvalue weighted by Crippen LogP contribution is -2.31. The number of carbonyl (C=O) groups is 1. The molecule has 1 aliphatic heterocycles. The molecule has 21 heavy (non-hydrogen) atoms. The Morgan fingerprint density at radius 3 is 2.81 bits per heavy atom. The maximum absolute atomic E-state index is 11.7. The molecular formula is C14H20N4O3. The van der Waals surface area contributed by atoms with Crippen LogP contribution in [0.25, 0.3) is 0 Å². The predicted molar refractivity (Wildman–Crippen MR) is 80.4 cm³/mol. The van der Waals surface area contributed by atoms with Crippen LogP contribution in [0.1, 0.15) is 19.3 Å². The van der Waals surface area contributed by atoms with Crippen LogP contribution >= 0.6 is 0 Å². The molecule has 7 heteroatoms. The Bertz CT molecular complexity index is 501. The Balaban J connectivity index is 1.69. The SMILES string of the molecule is O=C(NCCCN1CCCC1)Nc1cccc([N+](=O)[O-])c1. The summed E-state index contributed by atoms with van der Waals surface area (Å²) < 4.78 is 0. The van der Waals surface area contributed by atoms with E-state index in [0.717, 1.165) is 26.1 Å². The molecule has 0 spiro atoms. The molecule has 2 rings (SSSR count). The van der Waals surface area contributed by atoms with Crippen molar-refractivity contribution >= 4 is 17.4 Å². The first-order valence-electron chi connectivity index (χ1n) is 7.17. The fraction of sp³-hybridized carbons (Fsp3) is 0.500. The summed E-state index contributed by atoms with van der Waals surface area (Å²) >= 11 is 0. The molecule has 7 nitrogen and oxygen atoms in total. The number of non-ortho nitro benzene ring substituents is 1. The first-order valence-corrected chi connectivity index (χ1v) is 7.17. The molecule has 2 N–H and O–H groups in total. The largest absolute Gasteiger partial charge is 0.338 e. The molecule has 1 aromatic carbocycles. The number of hydrogen-bond acceptors (Lipinski definition) is 4. The molecule has 0 aromatic heterocycles. The first kappa shape index (κ1) is 15.2. The highest BCUT2D eigenvalue weighted by atomic mass is 16.6. The van der Waals surface area contributed by atoms with Gasteiger partial charge in [-0.3, -0.25) is 10.1 Å². The van der Waals surface area contributed by atoms with E-state index in [1.807, 2.05) is 0 Å². The second kappa shape index (κ2) is 7.58. The van der Waals surface area contributed by atoms with Crippen molar-refractivity contribution in [1.82, 2.24) is 10.2 Å². The van der Waals surface area contributed by atoms with Gasteiger partial charge in [0.15, 0.2) is 0 Å². The molecule has 1 heterocycles. The van der Waals surface area contributed by atoms with Gasteiger partial charge >= 0.3 is 6.03 Å². The minimum absolute atomic E-state index is 0.0400. The highest BCUT2D eigenvalue weighted by molar-refractivity contribution is 5.89. The quantitative estimate of drug-likeness (QED) is 0.478. The molecule has 1 aliphatic rings. The van der Waals surface area contributed by atoms with Crippen LogP contribution in [0.15, 0.2) is 24.3 Å². The topological polar surface area (TPSA) is 87.5 Å². The van der Waals surface area contributed by atoms with E-state index < -0.39 is 4.92 Å². The molecule has 0 radical (unpaired) electrons. The van der Waals surface area contributed by atoms with Crippen LogP contribution in [-0.4, -0.2) is 42.0 Å². The van der Waals surface area contributed by atoms with E-state index in [1.54, 1.807) is 12.1 Å². The van der Waals surface area contributed by atoms with Crippen molar-refractivity contribution in [3.8, 4) is 0 Å². The number of nitro benzene ring substituents is 1. The van der Waals surface area contributed by atoms with Crippen LogP contribution in [0.3, 0.4) is 0 Å². The average Bonchev–Trinajstić information content (AvgIpc) is 2.97. The first-order chi connectivity index (χ1) is 10.1. The summed E-state index contributed by atoms with van der Waals surface area (Å²) in [6, 6.07) is 5.55. The number of nitrogens with zero attached hydrogens (tertiary/aromatic N) is 2. The van der Waals surface area contributed by atoms with Crippen molar-refractivity contribution in [3.63, 3.8) is 0 Å². The molecule has 0 aliphatic carbocycles. The fourth-order valence-corrected chi connectivity index (χ4v) is 2.38. The molecule has 0 bridgehead atoms. The van der Waals surface area contributed by atoms with E-state index in [9.17, 15) is 14.9 Å². The Morgan fingerprint density at radius 1 is 1.33 bits per heavy atom. The Labute approximate surface area is 123 Å². The molecule has 1 saturated heterocycles. The smallest absolute Gasteiger partial charge is 0.319 e. The molecular weight excluding hydrogens is 272 g/mol. The van der Waals surface area contributed by atoms with Crippen LogP contribution in [0.5, 0.6) is 0 Å². The third kappa shape index (κ3) is 5.03. The van der Waals surface area contributed by atoms with E-state index in [2.05, 4.69) is 15.5 Å². The summed E-state index contributed by atoms with van der Waals surface area (Å²) in [5.41, 5.74) is 0.378. The Hall–Kier alpha value is -2.15. The van der Waals surface area contributed by atoms with Crippen molar-refractivity contribution in [3.05, 3.63) is 34.4 Å². The highest BCUT2D eigenvalue weighted by Gasteiger charge is 2.11. The number of urea groups is 1. The van der Waals surface area contributed by atoms with Gasteiger partial charge in [-0.1, -0.05) is 6.07 Å². The zero-order valence-electron chi connectivity index (χ0n) is 11.9. The number of hydrogen-bond donors (Lipinski definition) is 2. The summed E-state index contributed by atoms with van der Waals surface area (Å²) in [7, 11) is 0. The van der Waals surface area contributed by atoms with Crippen LogP contribution in [0, 0.1) is 10.1 Å². The van der Waals surface area contributed by atoms with Gasteiger partial charge in [-0.05, 0) is 45.0 Å². The number of carbonyl (C=O) groups excluding carboxylic acids is 1. The van der Waals surface area contributed by atoms with E-state index >= 15 is 0 Å². The number of anilines is 1. The zero-order valence-corrected chi connectivity index (χ0v) is 11.9. The second-order valence-electron chi connectivity index (χ2n) is 5.09. The number of benzene rings is 1. The third-order valence-electron chi connectivity index (χ3n) is 3.45. The van der Waals surface area contributed by atoms with Gasteiger partial charge in [0.25, 0.3) is 5.69 Å². The lowest BCUT2D eigenvalue weighted by molar-refractivity contribution is -0.384. The second-order valence-corrected chi connectivity index (χ2v) is 5.09. The van der Waals surface area contributed by atoms with Crippen LogP contribution in [0.2, 0.25) is 0 Å². The number of likely N-dealkylation sites (tertiary alicyclic amines) is 1. The van der Waals surface area contributed by atoms with Crippen molar-refractivity contribution in [2.75, 3.05) is 31.5 Å². The van der Waals surface area contributed by atoms with Gasteiger partial charge in [0.05, 0.1) is 4.92 Å². The number of nitrogens with one attached hydrogen (secondary N) is 2. The van der Waals surface area contributed by atoms with Gasteiger partial charge in [0.2, 0.25) is 0 Å². The van der Waals surface area contributed by atoms with Crippen molar-refractivity contribution in [1.29, 1.82) is 0 Å². The van der Waals surface area contributed by atoms with Crippen LogP contribution in [0.4, 0.5) is 16.2 Å².